The van der Waals surface area contributed by atoms with Crippen molar-refractivity contribution < 1.29 is 19.1 Å². The molecule has 3 aliphatic carbocycles. The van der Waals surface area contributed by atoms with E-state index in [4.69, 9.17) is 5.11 Å². The summed E-state index contributed by atoms with van der Waals surface area (Å²) in [5.74, 6) is 0.798. The summed E-state index contributed by atoms with van der Waals surface area (Å²) in [6.07, 6.45) is 9.17. The Hall–Kier alpha value is -3.32. The van der Waals surface area contributed by atoms with Crippen LogP contribution < -0.4 is 0 Å². The smallest absolute Gasteiger partial charge is 0.256 e. The van der Waals surface area contributed by atoms with Gasteiger partial charge in [-0.2, -0.15) is 5.10 Å². The normalized spacial score (nSPS) is 16.8. The highest BCUT2D eigenvalue weighted by molar-refractivity contribution is 5.96. The predicted octanol–water partition coefficient (Wildman–Crippen LogP) is 5.24. The molecular weight excluding hydrogens is 457 g/mol. The molecule has 0 saturated heterocycles. The van der Waals surface area contributed by atoms with Crippen LogP contribution in [0.25, 0.3) is 16.8 Å². The van der Waals surface area contributed by atoms with Gasteiger partial charge in [-0.05, 0) is 74.1 Å². The van der Waals surface area contributed by atoms with Crippen LogP contribution in [0.3, 0.4) is 0 Å². The van der Waals surface area contributed by atoms with E-state index in [0.717, 1.165) is 76.4 Å². The third-order valence-electron chi connectivity index (χ3n) is 7.20. The van der Waals surface area contributed by atoms with Crippen LogP contribution in [0, 0.1) is 17.7 Å². The Bertz CT molecular complexity index is 1240. The number of aliphatic hydroxyl groups is 1. The van der Waals surface area contributed by atoms with Gasteiger partial charge >= 0.3 is 0 Å². The van der Waals surface area contributed by atoms with Gasteiger partial charge in [0.1, 0.15) is 5.82 Å². The number of hydrogen-bond donors (Lipinski definition) is 1. The van der Waals surface area contributed by atoms with Crippen LogP contribution in [0.5, 0.6) is 0 Å². The predicted molar refractivity (Wildman–Crippen MR) is 136 cm³/mol. The number of hydrogen-bond acceptors (Lipinski definition) is 4. The van der Waals surface area contributed by atoms with Crippen molar-refractivity contribution in [2.24, 2.45) is 11.8 Å². The largest absolute Gasteiger partial charge is 0.400 e. The van der Waals surface area contributed by atoms with Crippen molar-refractivity contribution in [3.8, 4) is 16.8 Å². The summed E-state index contributed by atoms with van der Waals surface area (Å²) in [6.45, 7) is 1.47. The molecular formula is C29H32FN3O3. The summed E-state index contributed by atoms with van der Waals surface area (Å²) in [5.41, 5.74) is 3.55. The monoisotopic (exact) mass is 489 g/mol. The Labute approximate surface area is 210 Å². The zero-order valence-electron chi connectivity index (χ0n) is 20.6. The van der Waals surface area contributed by atoms with Gasteiger partial charge in [-0.3, -0.25) is 9.59 Å². The molecule has 0 atom stereocenters. The summed E-state index contributed by atoms with van der Waals surface area (Å²) in [5, 5.41) is 11.4. The van der Waals surface area contributed by atoms with Crippen LogP contribution >= 0.6 is 0 Å². The molecule has 3 aromatic rings. The van der Waals surface area contributed by atoms with Gasteiger partial charge in [0.05, 0.1) is 28.7 Å². The molecule has 0 aliphatic heterocycles. The molecule has 6 rings (SSSR count). The maximum atomic E-state index is 15.8. The van der Waals surface area contributed by atoms with Crippen molar-refractivity contribution in [1.82, 2.24) is 14.7 Å². The molecule has 1 aromatic heterocycles. The Morgan fingerprint density at radius 1 is 1.06 bits per heavy atom. The van der Waals surface area contributed by atoms with E-state index in [1.165, 1.54) is 0 Å². The summed E-state index contributed by atoms with van der Waals surface area (Å²) in [7, 11) is 1.00. The molecule has 1 heterocycles. The quantitative estimate of drug-likeness (QED) is 0.417. The van der Waals surface area contributed by atoms with Crippen molar-refractivity contribution in [3.05, 3.63) is 71.3 Å². The molecule has 1 N–H and O–H groups in total. The van der Waals surface area contributed by atoms with Crippen molar-refractivity contribution in [3.63, 3.8) is 0 Å². The van der Waals surface area contributed by atoms with Gasteiger partial charge in [0.2, 0.25) is 0 Å². The second-order valence-electron chi connectivity index (χ2n) is 10.1. The number of aromatic nitrogens is 2. The lowest BCUT2D eigenvalue weighted by Gasteiger charge is -2.23. The highest BCUT2D eigenvalue weighted by Gasteiger charge is 2.33. The summed E-state index contributed by atoms with van der Waals surface area (Å²) < 4.78 is 17.6. The first-order valence-corrected chi connectivity index (χ1v) is 12.8. The standard InChI is InChI=1S/C28H28FN3O2.CH4O/c29-26-24(5-2-6-25(26)28(34)31(15-18-7-8-18)16-19-9-10-19)21-3-1-4-23(13-21)32-27(20-11-12-20)22(17-33)14-30-32;1-2/h1-6,13-14,17-20H,7-12,15-16H2;2H,1H3. The van der Waals surface area contributed by atoms with E-state index in [2.05, 4.69) is 5.10 Å². The second kappa shape index (κ2) is 10.3. The summed E-state index contributed by atoms with van der Waals surface area (Å²) in [6, 6.07) is 12.6. The minimum atomic E-state index is -0.474. The maximum Gasteiger partial charge on any atom is 0.256 e. The van der Waals surface area contributed by atoms with Crippen LogP contribution in [0.1, 0.15) is 70.9 Å². The third-order valence-corrected chi connectivity index (χ3v) is 7.20. The number of rotatable bonds is 9. The van der Waals surface area contributed by atoms with E-state index in [1.54, 1.807) is 29.1 Å². The Kier molecular flexibility index (Phi) is 7.01. The molecule has 3 fully saturated rings. The Morgan fingerprint density at radius 2 is 1.72 bits per heavy atom. The molecule has 0 bridgehead atoms. The van der Waals surface area contributed by atoms with Crippen LogP contribution in [0.2, 0.25) is 0 Å². The van der Waals surface area contributed by atoms with Crippen LogP contribution in [0.4, 0.5) is 4.39 Å². The molecule has 0 spiro atoms. The third kappa shape index (κ3) is 5.12. The number of aliphatic hydroxyl groups excluding tert-OH is 1. The number of carbonyl (C=O) groups is 2. The average molecular weight is 490 g/mol. The van der Waals surface area contributed by atoms with E-state index in [0.29, 0.717) is 34.4 Å². The molecule has 36 heavy (non-hydrogen) atoms. The zero-order valence-corrected chi connectivity index (χ0v) is 20.6. The minimum absolute atomic E-state index is 0.144. The first-order chi connectivity index (χ1) is 17.6. The second-order valence-corrected chi connectivity index (χ2v) is 10.1. The average Bonchev–Trinajstić information content (AvgIpc) is 3.78. The lowest BCUT2D eigenvalue weighted by molar-refractivity contribution is 0.0735. The molecule has 0 unspecified atom stereocenters. The van der Waals surface area contributed by atoms with Crippen LogP contribution in [-0.2, 0) is 0 Å². The molecule has 3 aliphatic rings. The Morgan fingerprint density at radius 3 is 2.33 bits per heavy atom. The van der Waals surface area contributed by atoms with E-state index < -0.39 is 5.82 Å². The number of aldehydes is 1. The molecule has 1 amide bonds. The maximum absolute atomic E-state index is 15.8. The van der Waals surface area contributed by atoms with Crippen molar-refractivity contribution in [2.45, 2.75) is 44.4 Å². The van der Waals surface area contributed by atoms with E-state index in [9.17, 15) is 9.59 Å². The molecule has 7 heteroatoms. The fourth-order valence-electron chi connectivity index (χ4n) is 4.79. The SMILES string of the molecule is CO.O=Cc1cnn(-c2cccc(-c3cccc(C(=O)N(CC4CC4)CC4CC4)c3F)c2)c1C1CC1. The number of benzene rings is 2. The van der Waals surface area contributed by atoms with Crippen LogP contribution in [0.15, 0.2) is 48.7 Å². The van der Waals surface area contributed by atoms with Gasteiger partial charge in [-0.15, -0.1) is 0 Å². The fourth-order valence-corrected chi connectivity index (χ4v) is 4.79. The number of nitrogens with zero attached hydrogens (tertiary/aromatic N) is 3. The highest BCUT2D eigenvalue weighted by Crippen LogP contribution is 2.42. The van der Waals surface area contributed by atoms with Crippen molar-refractivity contribution in [1.29, 1.82) is 0 Å². The number of amides is 1. The van der Waals surface area contributed by atoms with Gasteiger partial charge < -0.3 is 10.0 Å². The van der Waals surface area contributed by atoms with Crippen LogP contribution in [-0.4, -0.2) is 52.2 Å². The van der Waals surface area contributed by atoms with Gasteiger partial charge in [0.25, 0.3) is 5.91 Å². The van der Waals surface area contributed by atoms with Crippen molar-refractivity contribution >= 4 is 12.2 Å². The molecule has 2 aromatic carbocycles. The van der Waals surface area contributed by atoms with Gasteiger partial charge in [0.15, 0.2) is 6.29 Å². The summed E-state index contributed by atoms with van der Waals surface area (Å²) in [4.78, 5) is 26.7. The fraction of sp³-hybridized carbons (Fsp3) is 0.414. The zero-order chi connectivity index (χ0) is 25.2. The molecule has 188 valence electrons. The number of halogens is 1. The van der Waals surface area contributed by atoms with E-state index in [1.807, 2.05) is 29.2 Å². The number of carbonyl (C=O) groups excluding carboxylic acids is 2. The van der Waals surface area contributed by atoms with Gasteiger partial charge in [-0.25, -0.2) is 9.07 Å². The lowest BCUT2D eigenvalue weighted by Crippen LogP contribution is -2.35. The highest BCUT2D eigenvalue weighted by atomic mass is 19.1. The molecule has 6 nitrogen and oxygen atoms in total. The topological polar surface area (TPSA) is 75.4 Å². The minimum Gasteiger partial charge on any atom is -0.400 e. The van der Waals surface area contributed by atoms with Gasteiger partial charge in [0, 0.05) is 31.7 Å². The summed E-state index contributed by atoms with van der Waals surface area (Å²) >= 11 is 0. The van der Waals surface area contributed by atoms with Crippen molar-refractivity contribution in [2.75, 3.05) is 20.2 Å². The Balaban J connectivity index is 0.00000130. The first kappa shape index (κ1) is 24.4. The van der Waals surface area contributed by atoms with E-state index in [-0.39, 0.29) is 11.5 Å². The first-order valence-electron chi connectivity index (χ1n) is 12.8. The van der Waals surface area contributed by atoms with E-state index >= 15 is 4.39 Å². The molecule has 3 saturated carbocycles. The lowest BCUT2D eigenvalue weighted by atomic mass is 10.0. The van der Waals surface area contributed by atoms with Gasteiger partial charge in [-0.1, -0.05) is 24.3 Å². The molecule has 0 radical (unpaired) electrons.